The quantitative estimate of drug-likeness (QED) is 0.722. The summed E-state index contributed by atoms with van der Waals surface area (Å²) in [5.74, 6) is -1.76. The van der Waals surface area contributed by atoms with Gasteiger partial charge < -0.3 is 15.4 Å². The normalized spacial score (nSPS) is 17.0. The molecule has 0 bridgehead atoms. The van der Waals surface area contributed by atoms with Gasteiger partial charge in [-0.2, -0.15) is 0 Å². The van der Waals surface area contributed by atoms with Crippen LogP contribution in [0.5, 0.6) is 0 Å². The molecule has 7 heteroatoms. The molecule has 138 valence electrons. The summed E-state index contributed by atoms with van der Waals surface area (Å²) >= 11 is 0. The number of carboxylic acids is 1. The number of hydrogen-bond donors (Lipinski definition) is 3. The number of anilines is 1. The number of aryl methyl sites for hydroxylation is 1. The fourth-order valence-electron chi connectivity index (χ4n) is 3.76. The van der Waals surface area contributed by atoms with Crippen molar-refractivity contribution < 1.29 is 23.9 Å². The molecule has 1 aliphatic heterocycles. The van der Waals surface area contributed by atoms with Gasteiger partial charge in [-0.05, 0) is 49.1 Å². The molecule has 6 nitrogen and oxygen atoms in total. The zero-order chi connectivity index (χ0) is 19.1. The average Bonchev–Trinajstić information content (AvgIpc) is 3.11. The van der Waals surface area contributed by atoms with Crippen molar-refractivity contribution >= 4 is 35.0 Å². The van der Waals surface area contributed by atoms with Gasteiger partial charge in [-0.3, -0.25) is 14.4 Å². The van der Waals surface area contributed by atoms with E-state index >= 15 is 0 Å². The van der Waals surface area contributed by atoms with E-state index < -0.39 is 11.8 Å². The Morgan fingerprint density at radius 1 is 1.26 bits per heavy atom. The Hall–Kier alpha value is -3.22. The second-order valence-electron chi connectivity index (χ2n) is 6.74. The summed E-state index contributed by atoms with van der Waals surface area (Å²) in [6.45, 7) is 0. The highest BCUT2D eigenvalue weighted by atomic mass is 19.1. The van der Waals surface area contributed by atoms with Gasteiger partial charge in [-0.25, -0.2) is 4.39 Å². The standard InChI is InChI=1S/C20H17FN2O4/c21-10-4-5-11-13(20(27)23-15(11)8-10)9-16-12(6-7-18(25)26)19-14(22-16)2-1-3-17(19)24/h4-5,8-9,22H,1-3,6-7H2,(H,23,27)(H,25,26). The molecule has 0 saturated carbocycles. The predicted octanol–water partition coefficient (Wildman–Crippen LogP) is 3.18. The van der Waals surface area contributed by atoms with Crippen LogP contribution in [0.3, 0.4) is 0 Å². The smallest absolute Gasteiger partial charge is 0.303 e. The molecule has 0 saturated heterocycles. The molecule has 1 amide bonds. The highest BCUT2D eigenvalue weighted by Gasteiger charge is 2.28. The lowest BCUT2D eigenvalue weighted by molar-refractivity contribution is -0.137. The zero-order valence-electron chi connectivity index (χ0n) is 14.4. The number of Topliss-reactive ketones (excluding diaryl/α,β-unsaturated/α-hetero) is 1. The van der Waals surface area contributed by atoms with Gasteiger partial charge in [0.1, 0.15) is 5.82 Å². The molecule has 3 N–H and O–H groups in total. The molecule has 1 aromatic carbocycles. The predicted molar refractivity (Wildman–Crippen MR) is 96.9 cm³/mol. The SMILES string of the molecule is O=C(O)CCc1c(C=C2C(=O)Nc3cc(F)ccc32)[nH]c2c1C(=O)CCC2. The third kappa shape index (κ3) is 3.05. The number of nitrogens with one attached hydrogen (secondary N) is 2. The average molecular weight is 368 g/mol. The number of rotatable bonds is 4. The molecule has 0 spiro atoms. The molecule has 2 aromatic rings. The number of aromatic nitrogens is 1. The fourth-order valence-corrected chi connectivity index (χ4v) is 3.76. The Morgan fingerprint density at radius 3 is 2.85 bits per heavy atom. The van der Waals surface area contributed by atoms with E-state index in [0.29, 0.717) is 46.5 Å². The van der Waals surface area contributed by atoms with Crippen LogP contribution < -0.4 is 5.32 Å². The number of H-pyrrole nitrogens is 1. The maximum atomic E-state index is 13.4. The van der Waals surface area contributed by atoms with E-state index in [2.05, 4.69) is 10.3 Å². The number of amides is 1. The third-order valence-electron chi connectivity index (χ3n) is 4.97. The van der Waals surface area contributed by atoms with Crippen LogP contribution in [0.15, 0.2) is 18.2 Å². The van der Waals surface area contributed by atoms with E-state index in [9.17, 15) is 18.8 Å². The van der Waals surface area contributed by atoms with E-state index in [0.717, 1.165) is 12.1 Å². The highest BCUT2D eigenvalue weighted by molar-refractivity contribution is 6.35. The van der Waals surface area contributed by atoms with Crippen molar-refractivity contribution in [3.05, 3.63) is 52.1 Å². The third-order valence-corrected chi connectivity index (χ3v) is 4.97. The van der Waals surface area contributed by atoms with Gasteiger partial charge in [0.25, 0.3) is 5.91 Å². The summed E-state index contributed by atoms with van der Waals surface area (Å²) < 4.78 is 13.4. The number of aromatic amines is 1. The van der Waals surface area contributed by atoms with Crippen LogP contribution in [0.25, 0.3) is 11.6 Å². The molecular formula is C20H17FN2O4. The lowest BCUT2D eigenvalue weighted by Crippen LogP contribution is -2.11. The summed E-state index contributed by atoms with van der Waals surface area (Å²) in [6, 6.07) is 4.06. The number of halogens is 1. The first-order valence-electron chi connectivity index (χ1n) is 8.75. The van der Waals surface area contributed by atoms with Crippen LogP contribution in [0.1, 0.15) is 52.1 Å². The summed E-state index contributed by atoms with van der Waals surface area (Å²) in [6.07, 6.45) is 3.60. The maximum absolute atomic E-state index is 13.4. The van der Waals surface area contributed by atoms with Crippen molar-refractivity contribution in [1.82, 2.24) is 4.98 Å². The Morgan fingerprint density at radius 2 is 2.07 bits per heavy atom. The van der Waals surface area contributed by atoms with Gasteiger partial charge in [0.15, 0.2) is 5.78 Å². The number of carboxylic acid groups (broad SMARTS) is 1. The summed E-state index contributed by atoms with van der Waals surface area (Å²) in [5, 5.41) is 11.7. The van der Waals surface area contributed by atoms with Crippen molar-refractivity contribution in [1.29, 1.82) is 0 Å². The van der Waals surface area contributed by atoms with Crippen LogP contribution in [0.2, 0.25) is 0 Å². The van der Waals surface area contributed by atoms with Crippen LogP contribution in [-0.4, -0.2) is 27.8 Å². The molecule has 0 fully saturated rings. The van der Waals surface area contributed by atoms with Crippen LogP contribution in [0.4, 0.5) is 10.1 Å². The monoisotopic (exact) mass is 368 g/mol. The molecule has 2 aliphatic rings. The van der Waals surface area contributed by atoms with Gasteiger partial charge in [-0.15, -0.1) is 0 Å². The van der Waals surface area contributed by atoms with E-state index in [1.807, 2.05) is 0 Å². The molecule has 1 aromatic heterocycles. The van der Waals surface area contributed by atoms with E-state index in [4.69, 9.17) is 5.11 Å². The van der Waals surface area contributed by atoms with Crippen LogP contribution in [0, 0.1) is 5.82 Å². The van der Waals surface area contributed by atoms with E-state index in [1.165, 1.54) is 18.2 Å². The van der Waals surface area contributed by atoms with Gasteiger partial charge >= 0.3 is 5.97 Å². The summed E-state index contributed by atoms with van der Waals surface area (Å²) in [4.78, 5) is 39.0. The number of hydrogen-bond acceptors (Lipinski definition) is 3. The van der Waals surface area contributed by atoms with Crippen molar-refractivity contribution in [3.63, 3.8) is 0 Å². The number of ketones is 1. The first kappa shape index (κ1) is 17.2. The Balaban J connectivity index is 1.82. The molecule has 1 aliphatic carbocycles. The number of aliphatic carboxylic acids is 1. The van der Waals surface area contributed by atoms with Crippen LogP contribution >= 0.6 is 0 Å². The minimum atomic E-state index is -0.953. The molecule has 27 heavy (non-hydrogen) atoms. The Kier molecular flexibility index (Phi) is 4.14. The second-order valence-corrected chi connectivity index (χ2v) is 6.74. The van der Waals surface area contributed by atoms with Crippen molar-refractivity contribution in [2.75, 3.05) is 5.32 Å². The minimum Gasteiger partial charge on any atom is -0.481 e. The van der Waals surface area contributed by atoms with Crippen molar-refractivity contribution in [2.45, 2.75) is 32.1 Å². The largest absolute Gasteiger partial charge is 0.481 e. The first-order valence-corrected chi connectivity index (χ1v) is 8.75. The first-order chi connectivity index (χ1) is 12.9. The van der Waals surface area contributed by atoms with Crippen LogP contribution in [-0.2, 0) is 22.4 Å². The Bertz CT molecular complexity index is 1020. The molecule has 0 radical (unpaired) electrons. The van der Waals surface area contributed by atoms with Crippen molar-refractivity contribution in [3.8, 4) is 0 Å². The number of carbonyl (C=O) groups excluding carboxylic acids is 2. The fraction of sp³-hybridized carbons (Fsp3) is 0.250. The molecule has 4 rings (SSSR count). The molecule has 0 unspecified atom stereocenters. The Labute approximate surface area is 154 Å². The molecular weight excluding hydrogens is 351 g/mol. The minimum absolute atomic E-state index is 0.00381. The number of benzene rings is 1. The lowest BCUT2D eigenvalue weighted by Gasteiger charge is -2.11. The van der Waals surface area contributed by atoms with E-state index in [1.54, 1.807) is 6.08 Å². The van der Waals surface area contributed by atoms with Gasteiger partial charge in [-0.1, -0.05) is 0 Å². The van der Waals surface area contributed by atoms with Crippen molar-refractivity contribution in [2.24, 2.45) is 0 Å². The zero-order valence-corrected chi connectivity index (χ0v) is 14.4. The highest BCUT2D eigenvalue weighted by Crippen LogP contribution is 2.36. The lowest BCUT2D eigenvalue weighted by atomic mass is 9.91. The second kappa shape index (κ2) is 6.50. The maximum Gasteiger partial charge on any atom is 0.303 e. The van der Waals surface area contributed by atoms with E-state index in [-0.39, 0.29) is 24.5 Å². The molecule has 0 atom stereocenters. The number of carbonyl (C=O) groups is 3. The summed E-state index contributed by atoms with van der Waals surface area (Å²) in [5.41, 5.74) is 3.87. The summed E-state index contributed by atoms with van der Waals surface area (Å²) in [7, 11) is 0. The van der Waals surface area contributed by atoms with Gasteiger partial charge in [0, 0.05) is 35.4 Å². The van der Waals surface area contributed by atoms with Gasteiger partial charge in [0.05, 0.1) is 11.3 Å². The van der Waals surface area contributed by atoms with Gasteiger partial charge in [0.2, 0.25) is 0 Å². The topological polar surface area (TPSA) is 99.3 Å². The molecule has 2 heterocycles. The number of fused-ring (bicyclic) bond motifs is 2.